The molecule has 1 N–H and O–H groups in total. The van der Waals surface area contributed by atoms with Crippen LogP contribution in [-0.2, 0) is 5.75 Å². The summed E-state index contributed by atoms with van der Waals surface area (Å²) < 4.78 is 13.7. The van der Waals surface area contributed by atoms with Gasteiger partial charge in [0, 0.05) is 12.3 Å². The Morgan fingerprint density at radius 1 is 1.20 bits per heavy atom. The molecule has 0 saturated carbocycles. The molecule has 1 aromatic carbocycles. The molecule has 1 aromatic heterocycles. The van der Waals surface area contributed by atoms with Crippen LogP contribution >= 0.6 is 11.8 Å². The quantitative estimate of drug-likeness (QED) is 0.668. The fourth-order valence-electron chi connectivity index (χ4n) is 2.00. The Morgan fingerprint density at radius 3 is 2.55 bits per heavy atom. The molecule has 0 aliphatic rings. The highest BCUT2D eigenvalue weighted by Crippen LogP contribution is 2.25. The van der Waals surface area contributed by atoms with Gasteiger partial charge in [0.25, 0.3) is 0 Å². The average Bonchev–Trinajstić information content (AvgIpc) is 2.38. The molecule has 2 aromatic rings. The zero-order valence-electron chi connectivity index (χ0n) is 11.9. The normalized spacial score (nSPS) is 10.6. The van der Waals surface area contributed by atoms with Gasteiger partial charge in [-0.1, -0.05) is 41.1 Å². The van der Waals surface area contributed by atoms with Crippen molar-refractivity contribution in [3.05, 3.63) is 46.9 Å². The lowest BCUT2D eigenvalue weighted by Crippen LogP contribution is -2.03. The third-order valence-electron chi connectivity index (χ3n) is 2.70. The number of thioether (sulfide) groups is 1. The van der Waals surface area contributed by atoms with Gasteiger partial charge in [0.1, 0.15) is 5.03 Å². The highest BCUT2D eigenvalue weighted by molar-refractivity contribution is 7.98. The van der Waals surface area contributed by atoms with E-state index in [2.05, 4.69) is 47.3 Å². The first-order chi connectivity index (χ1) is 9.58. The van der Waals surface area contributed by atoms with E-state index in [0.717, 1.165) is 0 Å². The molecule has 0 aliphatic heterocycles. The summed E-state index contributed by atoms with van der Waals surface area (Å²) in [5, 5.41) is 3.37. The third-order valence-corrected chi connectivity index (χ3v) is 3.74. The minimum absolute atomic E-state index is 0.374. The van der Waals surface area contributed by atoms with Crippen molar-refractivity contribution in [1.82, 2.24) is 9.97 Å². The first-order valence-electron chi connectivity index (χ1n) is 6.55. The molecule has 2 rings (SSSR count). The smallest absolute Gasteiger partial charge is 0.223 e. The Balaban J connectivity index is 2.11. The van der Waals surface area contributed by atoms with E-state index in [1.54, 1.807) is 0 Å². The standard InChI is InChI=1S/C15H18FN3S/c1-4-17-15-18-8-13(16)14(19-15)20-9-12-6-10(2)5-11(3)7-12/h5-8H,4,9H2,1-3H3,(H,17,18,19). The molecule has 0 aliphatic carbocycles. The highest BCUT2D eigenvalue weighted by Gasteiger charge is 2.08. The lowest BCUT2D eigenvalue weighted by Gasteiger charge is -2.07. The van der Waals surface area contributed by atoms with Crippen LogP contribution in [0.4, 0.5) is 10.3 Å². The van der Waals surface area contributed by atoms with E-state index in [0.29, 0.717) is 23.3 Å². The number of rotatable bonds is 5. The second-order valence-corrected chi connectivity index (χ2v) is 5.63. The average molecular weight is 291 g/mol. The van der Waals surface area contributed by atoms with Crippen LogP contribution in [0, 0.1) is 19.7 Å². The van der Waals surface area contributed by atoms with Crippen LogP contribution < -0.4 is 5.32 Å². The summed E-state index contributed by atoms with van der Waals surface area (Å²) in [6, 6.07) is 6.36. The molecule has 0 unspecified atom stereocenters. The van der Waals surface area contributed by atoms with Crippen LogP contribution in [0.5, 0.6) is 0 Å². The minimum Gasteiger partial charge on any atom is -0.354 e. The number of aromatic nitrogens is 2. The van der Waals surface area contributed by atoms with Crippen LogP contribution in [0.25, 0.3) is 0 Å². The molecule has 0 fully saturated rings. The SMILES string of the molecule is CCNc1ncc(F)c(SCc2cc(C)cc(C)c2)n1. The summed E-state index contributed by atoms with van der Waals surface area (Å²) >= 11 is 1.39. The first kappa shape index (κ1) is 14.8. The van der Waals surface area contributed by atoms with Gasteiger partial charge in [0.15, 0.2) is 5.82 Å². The van der Waals surface area contributed by atoms with Gasteiger partial charge in [-0.25, -0.2) is 14.4 Å². The van der Waals surface area contributed by atoms with E-state index in [9.17, 15) is 4.39 Å². The van der Waals surface area contributed by atoms with Crippen LogP contribution in [0.2, 0.25) is 0 Å². The van der Waals surface area contributed by atoms with Crippen LogP contribution in [0.15, 0.2) is 29.4 Å². The second kappa shape index (κ2) is 6.70. The Morgan fingerprint density at radius 2 is 1.90 bits per heavy atom. The van der Waals surface area contributed by atoms with Crippen LogP contribution in [0.1, 0.15) is 23.6 Å². The van der Waals surface area contributed by atoms with E-state index >= 15 is 0 Å². The molecule has 106 valence electrons. The lowest BCUT2D eigenvalue weighted by molar-refractivity contribution is 0.580. The van der Waals surface area contributed by atoms with Crippen molar-refractivity contribution >= 4 is 17.7 Å². The fraction of sp³-hybridized carbons (Fsp3) is 0.333. The molecule has 0 spiro atoms. The molecule has 1 heterocycles. The summed E-state index contributed by atoms with van der Waals surface area (Å²) in [4.78, 5) is 8.09. The molecule has 3 nitrogen and oxygen atoms in total. The largest absolute Gasteiger partial charge is 0.354 e. The third kappa shape index (κ3) is 3.93. The number of hydrogen-bond acceptors (Lipinski definition) is 4. The van der Waals surface area contributed by atoms with Gasteiger partial charge in [-0.05, 0) is 26.3 Å². The van der Waals surface area contributed by atoms with Crippen LogP contribution in [0.3, 0.4) is 0 Å². The number of halogens is 1. The van der Waals surface area contributed by atoms with Gasteiger partial charge in [0.05, 0.1) is 6.20 Å². The van der Waals surface area contributed by atoms with Gasteiger partial charge in [-0.2, -0.15) is 0 Å². The number of anilines is 1. The Labute approximate surface area is 123 Å². The molecular weight excluding hydrogens is 273 g/mol. The Bertz CT molecular complexity index is 581. The van der Waals surface area contributed by atoms with Gasteiger partial charge < -0.3 is 5.32 Å². The summed E-state index contributed by atoms with van der Waals surface area (Å²) in [5.74, 6) is 0.792. The van der Waals surface area contributed by atoms with Crippen molar-refractivity contribution in [3.8, 4) is 0 Å². The number of hydrogen-bond donors (Lipinski definition) is 1. The first-order valence-corrected chi connectivity index (χ1v) is 7.53. The van der Waals surface area contributed by atoms with E-state index in [4.69, 9.17) is 0 Å². The number of nitrogens with zero attached hydrogens (tertiary/aromatic N) is 2. The summed E-state index contributed by atoms with van der Waals surface area (Å²) in [6.07, 6.45) is 1.22. The number of nitrogens with one attached hydrogen (secondary N) is 1. The van der Waals surface area contributed by atoms with Gasteiger partial charge in [-0.15, -0.1) is 0 Å². The molecular formula is C15H18FN3S. The lowest BCUT2D eigenvalue weighted by atomic mass is 10.1. The second-order valence-electron chi connectivity index (χ2n) is 4.66. The van der Waals surface area contributed by atoms with Gasteiger partial charge in [0.2, 0.25) is 5.95 Å². The molecule has 20 heavy (non-hydrogen) atoms. The summed E-state index contributed by atoms with van der Waals surface area (Å²) in [6.45, 7) is 6.80. The Kier molecular flexibility index (Phi) is 4.95. The molecule has 5 heteroatoms. The zero-order chi connectivity index (χ0) is 14.5. The maximum Gasteiger partial charge on any atom is 0.223 e. The molecule has 0 radical (unpaired) electrons. The fourth-order valence-corrected chi connectivity index (χ4v) is 2.81. The van der Waals surface area contributed by atoms with E-state index < -0.39 is 0 Å². The summed E-state index contributed by atoms with van der Waals surface area (Å²) in [5.41, 5.74) is 3.62. The number of benzene rings is 1. The van der Waals surface area contributed by atoms with E-state index in [1.807, 2.05) is 6.92 Å². The van der Waals surface area contributed by atoms with Crippen molar-refractivity contribution in [2.75, 3.05) is 11.9 Å². The maximum absolute atomic E-state index is 13.7. The predicted molar refractivity (Wildman–Crippen MR) is 81.6 cm³/mol. The maximum atomic E-state index is 13.7. The monoisotopic (exact) mass is 291 g/mol. The van der Waals surface area contributed by atoms with E-state index in [1.165, 1.54) is 34.6 Å². The van der Waals surface area contributed by atoms with Crippen molar-refractivity contribution in [2.45, 2.75) is 31.6 Å². The van der Waals surface area contributed by atoms with Crippen LogP contribution in [-0.4, -0.2) is 16.5 Å². The Hall–Kier alpha value is -1.62. The van der Waals surface area contributed by atoms with Crippen molar-refractivity contribution in [2.24, 2.45) is 0 Å². The minimum atomic E-state index is -0.374. The van der Waals surface area contributed by atoms with E-state index in [-0.39, 0.29) is 5.82 Å². The summed E-state index contributed by atoms with van der Waals surface area (Å²) in [7, 11) is 0. The molecule has 0 saturated heterocycles. The highest BCUT2D eigenvalue weighted by atomic mass is 32.2. The molecule has 0 amide bonds. The topological polar surface area (TPSA) is 37.8 Å². The predicted octanol–water partition coefficient (Wildman–Crippen LogP) is 3.96. The van der Waals surface area contributed by atoms with Gasteiger partial charge in [-0.3, -0.25) is 0 Å². The number of aryl methyl sites for hydroxylation is 2. The molecule has 0 bridgehead atoms. The van der Waals surface area contributed by atoms with Crippen molar-refractivity contribution in [1.29, 1.82) is 0 Å². The van der Waals surface area contributed by atoms with Gasteiger partial charge >= 0.3 is 0 Å². The molecule has 0 atom stereocenters. The van der Waals surface area contributed by atoms with Crippen molar-refractivity contribution < 1.29 is 4.39 Å². The van der Waals surface area contributed by atoms with Crippen molar-refractivity contribution in [3.63, 3.8) is 0 Å². The zero-order valence-corrected chi connectivity index (χ0v) is 12.7.